The minimum Gasteiger partial charge on any atom is -0.477 e. The van der Waals surface area contributed by atoms with E-state index in [2.05, 4.69) is 20.6 Å². The first kappa shape index (κ1) is 39.8. The molecule has 2 fully saturated rings. The largest absolute Gasteiger partial charge is 0.477 e. The minimum absolute atomic E-state index is 0.0318. The molecule has 2 aliphatic rings. The van der Waals surface area contributed by atoms with Crippen LogP contribution in [0.25, 0.3) is 0 Å². The van der Waals surface area contributed by atoms with E-state index in [1.54, 1.807) is 6.92 Å². The smallest absolute Gasteiger partial charge is 0.475 e. The number of aliphatic hydroxyl groups excluding tert-OH is 6. The van der Waals surface area contributed by atoms with Gasteiger partial charge in [-0.25, -0.2) is 28.2 Å². The van der Waals surface area contributed by atoms with Crippen LogP contribution in [0, 0.1) is 0 Å². The Labute approximate surface area is 285 Å². The first-order valence-electron chi connectivity index (χ1n) is 14.9. The molecule has 0 bridgehead atoms. The Balaban J connectivity index is 1.49. The van der Waals surface area contributed by atoms with Gasteiger partial charge in [0.2, 0.25) is 5.91 Å². The maximum absolute atomic E-state index is 13.0. The summed E-state index contributed by atoms with van der Waals surface area (Å²) in [5, 5.41) is 81.5. The fraction of sp³-hybridized carbons (Fsp3) is 0.640. The summed E-state index contributed by atoms with van der Waals surface area (Å²) in [6.45, 7) is -1.27. The number of esters is 1. The van der Waals surface area contributed by atoms with Gasteiger partial charge in [-0.05, 0) is 13.0 Å². The number of nitrogens with one attached hydrogen (secondary N) is 1. The first-order valence-corrected chi connectivity index (χ1v) is 16.4. The lowest BCUT2D eigenvalue weighted by atomic mass is 9.88. The Hall–Kier alpha value is -3.98. The third-order valence-electron chi connectivity index (χ3n) is 7.60. The van der Waals surface area contributed by atoms with Crippen molar-refractivity contribution in [2.24, 2.45) is 0 Å². The van der Waals surface area contributed by atoms with Crippen LogP contribution in [-0.4, -0.2) is 157 Å². The summed E-state index contributed by atoms with van der Waals surface area (Å²) in [5.74, 6) is -7.45. The number of aliphatic carboxylic acids is 1. The number of anilines is 1. The maximum atomic E-state index is 13.0. The van der Waals surface area contributed by atoms with Crippen LogP contribution >= 0.6 is 7.82 Å². The van der Waals surface area contributed by atoms with Crippen LogP contribution in [0.4, 0.5) is 5.82 Å². The predicted molar refractivity (Wildman–Crippen MR) is 159 cm³/mol. The van der Waals surface area contributed by atoms with E-state index in [4.69, 9.17) is 29.0 Å². The Bertz CT molecular complexity index is 1680. The van der Waals surface area contributed by atoms with Crippen LogP contribution in [0.15, 0.2) is 23.3 Å². The maximum Gasteiger partial charge on any atom is 0.475 e. The summed E-state index contributed by atoms with van der Waals surface area (Å²) in [5.41, 5.74) is 4.22. The monoisotopic (exact) mass is 753 g/mol. The molecular weight excluding hydrogens is 717 g/mol. The fourth-order valence-electron chi connectivity index (χ4n) is 5.13. The van der Waals surface area contributed by atoms with Crippen LogP contribution in [-0.2, 0) is 44.0 Å². The number of carboxylic acids is 1. The first-order chi connectivity index (χ1) is 23.9. The van der Waals surface area contributed by atoms with Crippen molar-refractivity contribution in [3.8, 4) is 0 Å². The van der Waals surface area contributed by atoms with E-state index in [1.165, 1.54) is 6.07 Å². The average Bonchev–Trinajstić information content (AvgIpc) is 3.64. The molecule has 51 heavy (non-hydrogen) atoms. The van der Waals surface area contributed by atoms with E-state index in [-0.39, 0.29) is 18.1 Å². The third-order valence-corrected chi connectivity index (χ3v) is 8.60. The third kappa shape index (κ3) is 9.09. The second kappa shape index (κ2) is 16.1. The van der Waals surface area contributed by atoms with Crippen molar-refractivity contribution in [3.05, 3.63) is 34.6 Å². The Morgan fingerprint density at radius 3 is 2.57 bits per heavy atom. The van der Waals surface area contributed by atoms with E-state index in [1.807, 2.05) is 0 Å². The van der Waals surface area contributed by atoms with E-state index in [0.717, 1.165) is 21.6 Å². The van der Waals surface area contributed by atoms with Gasteiger partial charge in [-0.3, -0.25) is 13.9 Å². The van der Waals surface area contributed by atoms with Crippen molar-refractivity contribution in [2.45, 2.75) is 80.7 Å². The van der Waals surface area contributed by atoms with Gasteiger partial charge in [0.15, 0.2) is 11.9 Å². The lowest BCUT2D eigenvalue weighted by Gasteiger charge is -2.46. The highest BCUT2D eigenvalue weighted by Gasteiger charge is 2.59. The van der Waals surface area contributed by atoms with Gasteiger partial charge >= 0.3 is 25.5 Å². The zero-order valence-corrected chi connectivity index (χ0v) is 27.3. The Morgan fingerprint density at radius 2 is 1.94 bits per heavy atom. The highest BCUT2D eigenvalue weighted by atomic mass is 31.2. The quantitative estimate of drug-likeness (QED) is 0.0598. The summed E-state index contributed by atoms with van der Waals surface area (Å²) in [6, 6.07) is -0.587. The highest BCUT2D eigenvalue weighted by molar-refractivity contribution is 7.47. The SMILES string of the molecule is CCOC(=O)c1cn(CC(=O)N[C@H]2[C@H]([C@H](O)[C@H](O)CO)O[C@](OP(=O)(O)OC[C@H]3O[C@@H](n4ccc(N)nc4=O)[C@H](O)[C@@H]3O)(C(=O)O)C[C@@H]2O)nn1. The number of nitrogens with zero attached hydrogens (tertiary/aromatic N) is 5. The van der Waals surface area contributed by atoms with Crippen molar-refractivity contribution in [1.82, 2.24) is 29.9 Å². The van der Waals surface area contributed by atoms with Gasteiger partial charge < -0.3 is 65.9 Å². The molecule has 2 aromatic rings. The number of aliphatic hydroxyl groups is 6. The van der Waals surface area contributed by atoms with E-state index >= 15 is 0 Å². The number of nitrogen functional groups attached to an aromatic ring is 1. The average molecular weight is 754 g/mol. The van der Waals surface area contributed by atoms with Gasteiger partial charge in [0, 0.05) is 12.6 Å². The second-order valence-corrected chi connectivity index (χ2v) is 12.6. The van der Waals surface area contributed by atoms with Crippen molar-refractivity contribution in [1.29, 1.82) is 0 Å². The minimum atomic E-state index is -5.63. The molecule has 26 heteroatoms. The number of carbonyl (C=O) groups excluding carboxylic acids is 2. The van der Waals surface area contributed by atoms with Gasteiger partial charge in [0.05, 0.1) is 38.2 Å². The summed E-state index contributed by atoms with van der Waals surface area (Å²) >= 11 is 0. The van der Waals surface area contributed by atoms with Gasteiger partial charge in [-0.15, -0.1) is 5.10 Å². The summed E-state index contributed by atoms with van der Waals surface area (Å²) < 4.78 is 39.9. The molecule has 0 radical (unpaired) electrons. The van der Waals surface area contributed by atoms with Gasteiger partial charge in [-0.2, -0.15) is 4.98 Å². The van der Waals surface area contributed by atoms with E-state index in [0.29, 0.717) is 0 Å². The van der Waals surface area contributed by atoms with Gasteiger partial charge in [-0.1, -0.05) is 5.21 Å². The van der Waals surface area contributed by atoms with Crippen LogP contribution < -0.4 is 16.7 Å². The molecule has 4 rings (SSSR count). The van der Waals surface area contributed by atoms with E-state index < -0.39 is 118 Å². The molecule has 11 atom stereocenters. The normalized spacial score (nSPS) is 30.2. The van der Waals surface area contributed by atoms with Crippen molar-refractivity contribution >= 4 is 31.5 Å². The molecule has 4 heterocycles. The van der Waals surface area contributed by atoms with Crippen molar-refractivity contribution in [3.63, 3.8) is 0 Å². The summed E-state index contributed by atoms with van der Waals surface area (Å²) in [7, 11) is -5.63. The lowest BCUT2D eigenvalue weighted by Crippen LogP contribution is -2.68. The number of phosphoric ester groups is 1. The fourth-order valence-corrected chi connectivity index (χ4v) is 6.09. The molecule has 1 amide bonds. The van der Waals surface area contributed by atoms with Gasteiger partial charge in [0.25, 0.3) is 5.79 Å². The molecule has 11 N–H and O–H groups in total. The molecule has 1 unspecified atom stereocenters. The van der Waals surface area contributed by atoms with E-state index in [9.17, 15) is 64.4 Å². The van der Waals surface area contributed by atoms with Gasteiger partial charge in [0.1, 0.15) is 49.0 Å². The van der Waals surface area contributed by atoms with Crippen LogP contribution in [0.2, 0.25) is 0 Å². The van der Waals surface area contributed by atoms with Crippen molar-refractivity contribution in [2.75, 3.05) is 25.6 Å². The number of nitrogens with two attached hydrogens (primary N) is 1. The zero-order chi connectivity index (χ0) is 37.8. The summed E-state index contributed by atoms with van der Waals surface area (Å²) in [4.78, 5) is 63.3. The number of hydrogen-bond donors (Lipinski definition) is 10. The molecular formula is C25H36N7O18P. The topological polar surface area (TPSA) is 380 Å². The van der Waals surface area contributed by atoms with Crippen molar-refractivity contribution < 1.29 is 82.8 Å². The molecule has 2 saturated heterocycles. The zero-order valence-electron chi connectivity index (χ0n) is 26.4. The molecule has 25 nitrogen and oxygen atoms in total. The van der Waals surface area contributed by atoms with Crippen LogP contribution in [0.1, 0.15) is 30.1 Å². The standard InChI is InChI=1S/C25H36N7O18P/c1-2-46-22(40)10-6-31(30-29-10)7-15(36)28-16-11(34)5-25(23(41)42,49-20(16)17(37)12(35)8-33)50-51(44,45)47-9-13-18(38)19(39)21(48-13)32-4-3-14(26)27-24(32)43/h3-4,6,11-13,16-21,33-35,37-39H,2,5,7-9H2,1H3,(H,28,36)(H,41,42)(H,44,45)(H2,26,27,43)/t11-,12+,13+,16+,17+,18+,19+,20+,21+,25+/m0/s1. The number of carbonyl (C=O) groups is 3. The second-order valence-electron chi connectivity index (χ2n) is 11.2. The number of ether oxygens (including phenoxy) is 3. The summed E-state index contributed by atoms with van der Waals surface area (Å²) in [6.07, 6.45) is -14.5. The Morgan fingerprint density at radius 1 is 1.24 bits per heavy atom. The Kier molecular flexibility index (Phi) is 12.6. The molecule has 0 aromatic carbocycles. The molecule has 2 aromatic heterocycles. The highest BCUT2D eigenvalue weighted by Crippen LogP contribution is 2.51. The molecule has 284 valence electrons. The lowest BCUT2D eigenvalue weighted by molar-refractivity contribution is -0.289. The molecule has 2 aliphatic heterocycles. The van der Waals surface area contributed by atoms with Crippen LogP contribution in [0.3, 0.4) is 0 Å². The number of aromatic nitrogens is 5. The molecule has 0 spiro atoms. The number of phosphoric acid groups is 1. The number of hydrogen-bond acceptors (Lipinski definition) is 20. The van der Waals surface area contributed by atoms with Crippen LogP contribution in [0.5, 0.6) is 0 Å². The molecule has 0 aliphatic carbocycles. The molecule has 0 saturated carbocycles. The number of carboxylic acid groups (broad SMARTS) is 1. The number of amides is 1. The predicted octanol–water partition coefficient (Wildman–Crippen LogP) is -5.82. The number of rotatable bonds is 15.